The summed E-state index contributed by atoms with van der Waals surface area (Å²) in [7, 11) is 0. The first-order valence-electron chi connectivity index (χ1n) is 7.94. The number of rotatable bonds is 5. The zero-order valence-corrected chi connectivity index (χ0v) is 14.2. The van der Waals surface area contributed by atoms with Crippen LogP contribution in [-0.4, -0.2) is 20.1 Å². The fraction of sp³-hybridized carbons (Fsp3) is 0.105. The summed E-state index contributed by atoms with van der Waals surface area (Å²) < 4.78 is 0. The van der Waals surface area contributed by atoms with Crippen molar-refractivity contribution in [1.29, 1.82) is 0 Å². The summed E-state index contributed by atoms with van der Waals surface area (Å²) in [6, 6.07) is 17.9. The Morgan fingerprint density at radius 3 is 2.52 bits per heavy atom. The van der Waals surface area contributed by atoms with Crippen molar-refractivity contribution in [3.05, 3.63) is 70.7 Å². The van der Waals surface area contributed by atoms with Crippen LogP contribution in [0.4, 0.5) is 5.82 Å². The van der Waals surface area contributed by atoms with Gasteiger partial charge in [-0.05, 0) is 12.1 Å². The van der Waals surface area contributed by atoms with Crippen molar-refractivity contribution in [2.45, 2.75) is 13.2 Å². The van der Waals surface area contributed by atoms with Crippen molar-refractivity contribution in [3.63, 3.8) is 0 Å². The summed E-state index contributed by atoms with van der Waals surface area (Å²) in [5.41, 5.74) is 2.57. The third kappa shape index (κ3) is 3.35. The van der Waals surface area contributed by atoms with Crippen molar-refractivity contribution >= 4 is 28.1 Å². The number of nitrogens with one attached hydrogen (secondary N) is 1. The molecule has 0 atom stereocenters. The van der Waals surface area contributed by atoms with E-state index in [4.69, 9.17) is 10.1 Å². The molecule has 5 nitrogen and oxygen atoms in total. The summed E-state index contributed by atoms with van der Waals surface area (Å²) in [5.74, 6) is 1.47. The Balaban J connectivity index is 1.71. The molecule has 0 amide bonds. The molecule has 25 heavy (non-hydrogen) atoms. The molecular formula is C19H16N4OS. The lowest BCUT2D eigenvalue weighted by atomic mass is 10.2. The van der Waals surface area contributed by atoms with Gasteiger partial charge in [0.05, 0.1) is 24.4 Å². The molecule has 0 aliphatic carbocycles. The summed E-state index contributed by atoms with van der Waals surface area (Å²) in [6.45, 7) is 0.519. The van der Waals surface area contributed by atoms with Crippen LogP contribution in [0.15, 0.2) is 60.0 Å². The van der Waals surface area contributed by atoms with Gasteiger partial charge in [-0.2, -0.15) is 0 Å². The fourth-order valence-electron chi connectivity index (χ4n) is 2.59. The fourth-order valence-corrected chi connectivity index (χ4v) is 3.31. The van der Waals surface area contributed by atoms with Crippen molar-refractivity contribution < 1.29 is 5.11 Å². The maximum Gasteiger partial charge on any atom is 0.162 e. The van der Waals surface area contributed by atoms with Gasteiger partial charge in [-0.3, -0.25) is 0 Å². The molecule has 4 rings (SSSR count). The number of aliphatic hydroxyl groups excluding tert-OH is 1. The van der Waals surface area contributed by atoms with E-state index in [1.54, 1.807) is 0 Å². The van der Waals surface area contributed by atoms with Gasteiger partial charge in [-0.15, -0.1) is 11.3 Å². The average Bonchev–Trinajstić information content (AvgIpc) is 3.15. The number of thiazole rings is 1. The molecule has 0 bridgehead atoms. The van der Waals surface area contributed by atoms with Crippen LogP contribution < -0.4 is 5.32 Å². The zero-order valence-electron chi connectivity index (χ0n) is 13.4. The first-order chi connectivity index (χ1) is 12.3. The number of benzene rings is 2. The number of para-hydroxylation sites is 1. The van der Waals surface area contributed by atoms with E-state index in [1.165, 1.54) is 11.3 Å². The van der Waals surface area contributed by atoms with Crippen molar-refractivity contribution in [1.82, 2.24) is 15.0 Å². The summed E-state index contributed by atoms with van der Waals surface area (Å²) in [5, 5.41) is 16.3. The Labute approximate surface area is 149 Å². The van der Waals surface area contributed by atoms with Crippen LogP contribution in [0.2, 0.25) is 0 Å². The lowest BCUT2D eigenvalue weighted by molar-refractivity contribution is 0.277. The number of nitrogens with zero attached hydrogens (tertiary/aromatic N) is 3. The second kappa shape index (κ2) is 6.96. The number of hydrogen-bond donors (Lipinski definition) is 2. The highest BCUT2D eigenvalue weighted by molar-refractivity contribution is 7.09. The van der Waals surface area contributed by atoms with Gasteiger partial charge < -0.3 is 10.4 Å². The van der Waals surface area contributed by atoms with Crippen LogP contribution in [0.1, 0.15) is 10.7 Å². The van der Waals surface area contributed by atoms with E-state index in [0.29, 0.717) is 18.1 Å². The molecule has 6 heteroatoms. The lowest BCUT2D eigenvalue weighted by Gasteiger charge is -2.10. The van der Waals surface area contributed by atoms with E-state index in [-0.39, 0.29) is 6.61 Å². The minimum absolute atomic E-state index is 0.0366. The SMILES string of the molecule is OCc1csc(CNc2nc(-c3ccccc3)nc3ccccc23)n1. The molecule has 0 aliphatic heterocycles. The molecule has 0 saturated heterocycles. The standard InChI is InChI=1S/C19H16N4OS/c24-11-14-12-25-17(21-14)10-20-19-15-8-4-5-9-16(15)22-18(23-19)13-6-2-1-3-7-13/h1-9,12,24H,10-11H2,(H,20,22,23). The number of aliphatic hydroxyl groups is 1. The van der Waals surface area contributed by atoms with Gasteiger partial charge in [-0.1, -0.05) is 42.5 Å². The first kappa shape index (κ1) is 15.7. The number of hydrogen-bond acceptors (Lipinski definition) is 6. The van der Waals surface area contributed by atoms with E-state index in [0.717, 1.165) is 27.3 Å². The normalized spacial score (nSPS) is 10.9. The summed E-state index contributed by atoms with van der Waals surface area (Å²) in [4.78, 5) is 13.8. The Hall–Kier alpha value is -2.83. The third-order valence-corrected chi connectivity index (χ3v) is 4.70. The van der Waals surface area contributed by atoms with Crippen LogP contribution in [0.25, 0.3) is 22.3 Å². The number of fused-ring (bicyclic) bond motifs is 1. The van der Waals surface area contributed by atoms with Crippen molar-refractivity contribution in [2.24, 2.45) is 0 Å². The second-order valence-electron chi connectivity index (χ2n) is 5.52. The first-order valence-corrected chi connectivity index (χ1v) is 8.81. The highest BCUT2D eigenvalue weighted by Gasteiger charge is 2.10. The van der Waals surface area contributed by atoms with Crippen LogP contribution >= 0.6 is 11.3 Å². The molecule has 2 aromatic heterocycles. The summed E-state index contributed by atoms with van der Waals surface area (Å²) in [6.07, 6.45) is 0. The molecule has 2 aromatic carbocycles. The molecule has 0 radical (unpaired) electrons. The Morgan fingerprint density at radius 1 is 0.920 bits per heavy atom. The second-order valence-corrected chi connectivity index (χ2v) is 6.47. The molecule has 0 spiro atoms. The summed E-state index contributed by atoms with van der Waals surface area (Å²) >= 11 is 1.52. The molecule has 124 valence electrons. The predicted octanol–water partition coefficient (Wildman–Crippen LogP) is 3.86. The van der Waals surface area contributed by atoms with Gasteiger partial charge in [0.25, 0.3) is 0 Å². The van der Waals surface area contributed by atoms with E-state index in [9.17, 15) is 0 Å². The zero-order chi connectivity index (χ0) is 17.1. The maximum atomic E-state index is 9.14. The Morgan fingerprint density at radius 2 is 1.72 bits per heavy atom. The topological polar surface area (TPSA) is 70.9 Å². The van der Waals surface area contributed by atoms with Gasteiger partial charge in [0.1, 0.15) is 10.8 Å². The molecular weight excluding hydrogens is 332 g/mol. The monoisotopic (exact) mass is 348 g/mol. The van der Waals surface area contributed by atoms with Gasteiger partial charge in [0.15, 0.2) is 5.82 Å². The smallest absolute Gasteiger partial charge is 0.162 e. The van der Waals surface area contributed by atoms with Crippen LogP contribution in [0.3, 0.4) is 0 Å². The number of anilines is 1. The molecule has 4 aromatic rings. The van der Waals surface area contributed by atoms with Crippen LogP contribution in [0.5, 0.6) is 0 Å². The highest BCUT2D eigenvalue weighted by Crippen LogP contribution is 2.25. The molecule has 0 fully saturated rings. The van der Waals surface area contributed by atoms with E-state index in [2.05, 4.69) is 15.3 Å². The molecule has 0 aliphatic rings. The minimum Gasteiger partial charge on any atom is -0.390 e. The molecule has 2 N–H and O–H groups in total. The Bertz CT molecular complexity index is 1000. The van der Waals surface area contributed by atoms with Crippen LogP contribution in [0, 0.1) is 0 Å². The lowest BCUT2D eigenvalue weighted by Crippen LogP contribution is -2.04. The minimum atomic E-state index is -0.0366. The van der Waals surface area contributed by atoms with Gasteiger partial charge in [0, 0.05) is 16.3 Å². The van der Waals surface area contributed by atoms with E-state index < -0.39 is 0 Å². The highest BCUT2D eigenvalue weighted by atomic mass is 32.1. The maximum absolute atomic E-state index is 9.14. The largest absolute Gasteiger partial charge is 0.390 e. The van der Waals surface area contributed by atoms with Crippen molar-refractivity contribution in [3.8, 4) is 11.4 Å². The molecule has 0 saturated carbocycles. The molecule has 0 unspecified atom stereocenters. The quantitative estimate of drug-likeness (QED) is 0.573. The van der Waals surface area contributed by atoms with Gasteiger partial charge in [-0.25, -0.2) is 15.0 Å². The van der Waals surface area contributed by atoms with Crippen molar-refractivity contribution in [2.75, 3.05) is 5.32 Å². The van der Waals surface area contributed by atoms with E-state index in [1.807, 2.05) is 60.0 Å². The average molecular weight is 348 g/mol. The van der Waals surface area contributed by atoms with E-state index >= 15 is 0 Å². The molecule has 2 heterocycles. The van der Waals surface area contributed by atoms with Gasteiger partial charge >= 0.3 is 0 Å². The Kier molecular flexibility index (Phi) is 4.37. The number of aromatic nitrogens is 3. The van der Waals surface area contributed by atoms with Gasteiger partial charge in [0.2, 0.25) is 0 Å². The third-order valence-electron chi connectivity index (χ3n) is 3.80. The van der Waals surface area contributed by atoms with Crippen LogP contribution in [-0.2, 0) is 13.2 Å². The predicted molar refractivity (Wildman–Crippen MR) is 100 cm³/mol.